The van der Waals surface area contributed by atoms with E-state index in [1.807, 2.05) is 12.3 Å². The average molecular weight is 311 g/mol. The maximum atomic E-state index is 12.0. The molecule has 7 heteroatoms. The average Bonchev–Trinajstić information content (AvgIpc) is 2.72. The molecule has 0 saturated heterocycles. The van der Waals surface area contributed by atoms with Crippen molar-refractivity contribution in [1.29, 1.82) is 0 Å². The van der Waals surface area contributed by atoms with Crippen LogP contribution in [0.15, 0.2) is 23.7 Å². The molecule has 0 spiro atoms. The van der Waals surface area contributed by atoms with E-state index in [9.17, 15) is 9.59 Å². The van der Waals surface area contributed by atoms with Crippen LogP contribution >= 0.6 is 22.9 Å². The predicted octanol–water partition coefficient (Wildman–Crippen LogP) is 2.98. The largest absolute Gasteiger partial charge is 0.481 e. The highest BCUT2D eigenvalue weighted by molar-refractivity contribution is 7.13. The van der Waals surface area contributed by atoms with Gasteiger partial charge in [-0.1, -0.05) is 11.6 Å². The molecule has 0 atom stereocenters. The fourth-order valence-corrected chi connectivity index (χ4v) is 2.70. The van der Waals surface area contributed by atoms with Gasteiger partial charge < -0.3 is 10.4 Å². The van der Waals surface area contributed by atoms with Crippen LogP contribution < -0.4 is 5.32 Å². The molecule has 104 valence electrons. The second kappa shape index (κ2) is 6.02. The quantitative estimate of drug-likeness (QED) is 0.910. The summed E-state index contributed by atoms with van der Waals surface area (Å²) < 4.78 is 0. The highest BCUT2D eigenvalue weighted by Crippen LogP contribution is 2.27. The van der Waals surface area contributed by atoms with Gasteiger partial charge in [0.1, 0.15) is 4.88 Å². The molecule has 0 aliphatic carbocycles. The first-order chi connectivity index (χ1) is 9.47. The third-order valence-electron chi connectivity index (χ3n) is 2.52. The van der Waals surface area contributed by atoms with E-state index in [2.05, 4.69) is 10.3 Å². The number of pyridine rings is 1. The Bertz CT molecular complexity index is 652. The predicted molar refractivity (Wildman–Crippen MR) is 77.6 cm³/mol. The third kappa shape index (κ3) is 3.34. The zero-order chi connectivity index (χ0) is 14.7. The summed E-state index contributed by atoms with van der Waals surface area (Å²) in [6, 6.07) is 3.17. The van der Waals surface area contributed by atoms with E-state index < -0.39 is 5.97 Å². The van der Waals surface area contributed by atoms with Gasteiger partial charge in [-0.05, 0) is 30.0 Å². The highest BCUT2D eigenvalue weighted by atomic mass is 35.5. The summed E-state index contributed by atoms with van der Waals surface area (Å²) in [5, 5.41) is 13.6. The van der Waals surface area contributed by atoms with Crippen molar-refractivity contribution in [2.24, 2.45) is 0 Å². The number of halogens is 1. The minimum absolute atomic E-state index is 0.149. The van der Waals surface area contributed by atoms with Crippen LogP contribution in [0, 0.1) is 6.92 Å². The zero-order valence-electron chi connectivity index (χ0n) is 10.5. The third-order valence-corrected chi connectivity index (χ3v) is 4.22. The molecule has 2 rings (SSSR count). The lowest BCUT2D eigenvalue weighted by Gasteiger charge is -2.04. The number of carboxylic acids is 1. The Labute approximate surface area is 124 Å². The van der Waals surface area contributed by atoms with Crippen molar-refractivity contribution in [3.63, 3.8) is 0 Å². The van der Waals surface area contributed by atoms with Gasteiger partial charge >= 0.3 is 5.97 Å². The van der Waals surface area contributed by atoms with Crippen molar-refractivity contribution in [2.45, 2.75) is 13.3 Å². The summed E-state index contributed by atoms with van der Waals surface area (Å²) in [5.41, 5.74) is 1.78. The zero-order valence-corrected chi connectivity index (χ0v) is 12.1. The van der Waals surface area contributed by atoms with Gasteiger partial charge in [0.15, 0.2) is 0 Å². The lowest BCUT2D eigenvalue weighted by atomic mass is 10.2. The second-order valence-corrected chi connectivity index (χ2v) is 5.38. The van der Waals surface area contributed by atoms with Crippen LogP contribution in [0.1, 0.15) is 20.9 Å². The number of nitrogens with one attached hydrogen (secondary N) is 1. The summed E-state index contributed by atoms with van der Waals surface area (Å²) >= 11 is 7.29. The van der Waals surface area contributed by atoms with Crippen molar-refractivity contribution in [2.75, 3.05) is 5.32 Å². The number of aromatic nitrogens is 1. The molecule has 0 saturated carbocycles. The minimum Gasteiger partial charge on any atom is -0.481 e. The van der Waals surface area contributed by atoms with E-state index >= 15 is 0 Å². The second-order valence-electron chi connectivity index (χ2n) is 4.12. The first kappa shape index (κ1) is 14.5. The Balaban J connectivity index is 2.08. The smallest absolute Gasteiger partial charge is 0.309 e. The number of rotatable bonds is 4. The van der Waals surface area contributed by atoms with Gasteiger partial charge in [-0.2, -0.15) is 0 Å². The molecule has 0 bridgehead atoms. The Hall–Kier alpha value is -1.92. The summed E-state index contributed by atoms with van der Waals surface area (Å²) in [6.45, 7) is 1.83. The van der Waals surface area contributed by atoms with Crippen LogP contribution in [0.3, 0.4) is 0 Å². The van der Waals surface area contributed by atoms with E-state index in [0.717, 1.165) is 5.56 Å². The Morgan fingerprint density at radius 3 is 2.70 bits per heavy atom. The number of carbonyl (C=O) groups excluding carboxylic acids is 1. The van der Waals surface area contributed by atoms with Crippen LogP contribution in [-0.2, 0) is 11.2 Å². The molecule has 0 aliphatic heterocycles. The number of carboxylic acid groups (broad SMARTS) is 1. The van der Waals surface area contributed by atoms with Gasteiger partial charge in [0, 0.05) is 0 Å². The maximum absolute atomic E-state index is 12.0. The molecule has 0 aromatic carbocycles. The van der Waals surface area contributed by atoms with Crippen molar-refractivity contribution in [3.05, 3.63) is 44.9 Å². The van der Waals surface area contributed by atoms with Crippen LogP contribution in [0.2, 0.25) is 5.02 Å². The number of hydrogen-bond donors (Lipinski definition) is 2. The number of anilines is 1. The first-order valence-corrected chi connectivity index (χ1v) is 6.95. The van der Waals surface area contributed by atoms with Crippen molar-refractivity contribution in [1.82, 2.24) is 4.98 Å². The molecular formula is C13H11ClN2O3S. The van der Waals surface area contributed by atoms with Crippen molar-refractivity contribution in [3.8, 4) is 0 Å². The number of thiophene rings is 1. The summed E-state index contributed by atoms with van der Waals surface area (Å²) in [5.74, 6) is -1.25. The maximum Gasteiger partial charge on any atom is 0.309 e. The van der Waals surface area contributed by atoms with Crippen LogP contribution in [-0.4, -0.2) is 22.0 Å². The van der Waals surface area contributed by atoms with Crippen LogP contribution in [0.5, 0.6) is 0 Å². The van der Waals surface area contributed by atoms with Gasteiger partial charge in [0.25, 0.3) is 5.91 Å². The number of amides is 1. The number of nitrogens with zero attached hydrogens (tertiary/aromatic N) is 1. The molecule has 2 aromatic rings. The molecule has 0 radical (unpaired) electrons. The fraction of sp³-hybridized carbons (Fsp3) is 0.154. The molecule has 2 aromatic heterocycles. The fourth-order valence-electron chi connectivity index (χ4n) is 1.53. The standard InChI is InChI=1S/C13H11ClN2O3S/c1-7-6-20-12(11(7)14)13(19)16-9-3-2-8(15-5-9)4-10(17)18/h2-3,5-6H,4H2,1H3,(H,16,19)(H,17,18). The molecule has 0 unspecified atom stereocenters. The summed E-state index contributed by atoms with van der Waals surface area (Å²) in [4.78, 5) is 26.9. The summed E-state index contributed by atoms with van der Waals surface area (Å²) in [7, 11) is 0. The highest BCUT2D eigenvalue weighted by Gasteiger charge is 2.14. The first-order valence-electron chi connectivity index (χ1n) is 5.69. The van der Waals surface area contributed by atoms with E-state index in [4.69, 9.17) is 16.7 Å². The number of hydrogen-bond acceptors (Lipinski definition) is 4. The number of carbonyl (C=O) groups is 2. The van der Waals surface area contributed by atoms with Gasteiger partial charge in [0.05, 0.1) is 29.0 Å². The molecule has 2 heterocycles. The molecular weight excluding hydrogens is 300 g/mol. The number of aliphatic carboxylic acids is 1. The molecule has 5 nitrogen and oxygen atoms in total. The molecule has 0 aliphatic rings. The normalized spacial score (nSPS) is 10.3. The monoisotopic (exact) mass is 310 g/mol. The van der Waals surface area contributed by atoms with Gasteiger partial charge in [0.2, 0.25) is 0 Å². The van der Waals surface area contributed by atoms with Crippen molar-refractivity contribution >= 4 is 40.5 Å². The molecule has 20 heavy (non-hydrogen) atoms. The van der Waals surface area contributed by atoms with Gasteiger partial charge in [-0.15, -0.1) is 11.3 Å². The minimum atomic E-state index is -0.949. The van der Waals surface area contributed by atoms with Crippen molar-refractivity contribution < 1.29 is 14.7 Å². The molecule has 2 N–H and O–H groups in total. The van der Waals surface area contributed by atoms with E-state index in [0.29, 0.717) is 21.3 Å². The Morgan fingerprint density at radius 1 is 1.45 bits per heavy atom. The van der Waals surface area contributed by atoms with E-state index in [1.54, 1.807) is 12.1 Å². The number of aryl methyl sites for hydroxylation is 1. The SMILES string of the molecule is Cc1csc(C(=O)Nc2ccc(CC(=O)O)nc2)c1Cl. The summed E-state index contributed by atoms with van der Waals surface area (Å²) in [6.07, 6.45) is 1.27. The van der Waals surface area contributed by atoms with Crippen LogP contribution in [0.4, 0.5) is 5.69 Å². The van der Waals surface area contributed by atoms with Gasteiger partial charge in [-0.3, -0.25) is 14.6 Å². The van der Waals surface area contributed by atoms with E-state index in [1.165, 1.54) is 17.5 Å². The topological polar surface area (TPSA) is 79.3 Å². The Kier molecular flexibility index (Phi) is 4.36. The molecule has 1 amide bonds. The Morgan fingerprint density at radius 2 is 2.20 bits per heavy atom. The van der Waals surface area contributed by atoms with E-state index in [-0.39, 0.29) is 12.3 Å². The lowest BCUT2D eigenvalue weighted by molar-refractivity contribution is -0.136. The lowest BCUT2D eigenvalue weighted by Crippen LogP contribution is -2.11. The van der Waals surface area contributed by atoms with Gasteiger partial charge in [-0.25, -0.2) is 0 Å². The van der Waals surface area contributed by atoms with Crippen LogP contribution in [0.25, 0.3) is 0 Å². The molecule has 0 fully saturated rings.